The minimum Gasteiger partial charge on any atom is -0.369 e. The van der Waals surface area contributed by atoms with E-state index < -0.39 is 5.41 Å². The fraction of sp³-hybridized carbons (Fsp3) is 0.312. The van der Waals surface area contributed by atoms with Gasteiger partial charge in [-0.1, -0.05) is 56.3 Å². The van der Waals surface area contributed by atoms with Crippen molar-refractivity contribution >= 4 is 16.7 Å². The van der Waals surface area contributed by atoms with Crippen molar-refractivity contribution in [2.24, 2.45) is 5.73 Å². The van der Waals surface area contributed by atoms with Crippen molar-refractivity contribution < 1.29 is 4.79 Å². The van der Waals surface area contributed by atoms with Crippen LogP contribution in [0.4, 0.5) is 0 Å². The summed E-state index contributed by atoms with van der Waals surface area (Å²) in [6.45, 7) is 4.05. The maximum absolute atomic E-state index is 11.9. The molecule has 0 aromatic heterocycles. The molecule has 0 saturated carbocycles. The Labute approximate surface area is 108 Å². The zero-order valence-electron chi connectivity index (χ0n) is 10.9. The van der Waals surface area contributed by atoms with Gasteiger partial charge in [0, 0.05) is 0 Å². The van der Waals surface area contributed by atoms with Gasteiger partial charge in [0.25, 0.3) is 0 Å². The van der Waals surface area contributed by atoms with Crippen molar-refractivity contribution in [3.05, 3.63) is 48.0 Å². The maximum atomic E-state index is 11.9. The van der Waals surface area contributed by atoms with Gasteiger partial charge in [-0.05, 0) is 29.2 Å². The molecule has 0 heterocycles. The first-order valence-corrected chi connectivity index (χ1v) is 6.44. The minimum atomic E-state index is -0.555. The first-order valence-electron chi connectivity index (χ1n) is 6.44. The van der Waals surface area contributed by atoms with Crippen LogP contribution in [-0.4, -0.2) is 5.91 Å². The Bertz CT molecular complexity index is 565. The number of carbonyl (C=O) groups excluding carboxylic acids is 1. The number of benzene rings is 2. The summed E-state index contributed by atoms with van der Waals surface area (Å²) >= 11 is 0. The Morgan fingerprint density at radius 2 is 1.67 bits per heavy atom. The minimum absolute atomic E-state index is 0.233. The molecule has 0 atom stereocenters. The van der Waals surface area contributed by atoms with E-state index in [0.717, 1.165) is 29.2 Å². The van der Waals surface area contributed by atoms with Gasteiger partial charge in [0.1, 0.15) is 0 Å². The number of hydrogen-bond acceptors (Lipinski definition) is 1. The summed E-state index contributed by atoms with van der Waals surface area (Å²) in [7, 11) is 0. The van der Waals surface area contributed by atoms with E-state index in [0.29, 0.717) is 0 Å². The predicted octanol–water partition coefficient (Wildman–Crippen LogP) is 3.38. The van der Waals surface area contributed by atoms with Crippen molar-refractivity contribution in [3.8, 4) is 0 Å². The molecular weight excluding hydrogens is 222 g/mol. The van der Waals surface area contributed by atoms with Gasteiger partial charge in [0.15, 0.2) is 0 Å². The molecular formula is C16H19NO. The summed E-state index contributed by atoms with van der Waals surface area (Å²) in [5.74, 6) is -0.233. The summed E-state index contributed by atoms with van der Waals surface area (Å²) in [5.41, 5.74) is 6.18. The van der Waals surface area contributed by atoms with Crippen LogP contribution in [0.1, 0.15) is 32.3 Å². The summed E-state index contributed by atoms with van der Waals surface area (Å²) in [6.07, 6.45) is 1.46. The third-order valence-corrected chi connectivity index (χ3v) is 3.98. The highest BCUT2D eigenvalue weighted by Gasteiger charge is 2.35. The third kappa shape index (κ3) is 1.78. The number of hydrogen-bond donors (Lipinski definition) is 1. The Kier molecular flexibility index (Phi) is 3.37. The molecule has 0 aliphatic rings. The summed E-state index contributed by atoms with van der Waals surface area (Å²) in [5, 5.41) is 2.28. The van der Waals surface area contributed by atoms with Crippen LogP contribution in [0.2, 0.25) is 0 Å². The van der Waals surface area contributed by atoms with Gasteiger partial charge in [-0.2, -0.15) is 0 Å². The van der Waals surface area contributed by atoms with E-state index >= 15 is 0 Å². The first-order chi connectivity index (χ1) is 8.65. The molecule has 0 fully saturated rings. The van der Waals surface area contributed by atoms with Gasteiger partial charge in [0.2, 0.25) is 5.91 Å². The van der Waals surface area contributed by atoms with E-state index in [2.05, 4.69) is 18.2 Å². The lowest BCUT2D eigenvalue weighted by atomic mass is 9.73. The largest absolute Gasteiger partial charge is 0.369 e. The zero-order chi connectivity index (χ0) is 13.2. The first kappa shape index (κ1) is 12.6. The highest BCUT2D eigenvalue weighted by molar-refractivity contribution is 5.95. The molecule has 2 aromatic rings. The van der Waals surface area contributed by atoms with Crippen LogP contribution in [0.15, 0.2) is 42.5 Å². The summed E-state index contributed by atoms with van der Waals surface area (Å²) in [4.78, 5) is 11.9. The van der Waals surface area contributed by atoms with Crippen LogP contribution in [-0.2, 0) is 10.2 Å². The molecule has 94 valence electrons. The second kappa shape index (κ2) is 4.81. The average Bonchev–Trinajstić information content (AvgIpc) is 2.40. The van der Waals surface area contributed by atoms with Gasteiger partial charge in [-0.15, -0.1) is 0 Å². The Morgan fingerprint density at radius 3 is 2.28 bits per heavy atom. The quantitative estimate of drug-likeness (QED) is 0.876. The number of rotatable bonds is 4. The summed E-state index contributed by atoms with van der Waals surface area (Å²) in [6, 6.07) is 14.2. The van der Waals surface area contributed by atoms with Crippen LogP contribution in [0.25, 0.3) is 10.8 Å². The Balaban J connectivity index is 2.76. The van der Waals surface area contributed by atoms with Crippen LogP contribution in [0.3, 0.4) is 0 Å². The number of nitrogens with two attached hydrogens (primary N) is 1. The average molecular weight is 241 g/mol. The lowest BCUT2D eigenvalue weighted by molar-refractivity contribution is -0.123. The predicted molar refractivity (Wildman–Crippen MR) is 75.4 cm³/mol. The monoisotopic (exact) mass is 241 g/mol. The smallest absolute Gasteiger partial charge is 0.228 e. The fourth-order valence-electron chi connectivity index (χ4n) is 2.75. The van der Waals surface area contributed by atoms with E-state index in [4.69, 9.17) is 5.73 Å². The zero-order valence-corrected chi connectivity index (χ0v) is 10.9. The molecule has 0 unspecified atom stereocenters. The number of carbonyl (C=O) groups is 1. The molecule has 2 nitrogen and oxygen atoms in total. The van der Waals surface area contributed by atoms with E-state index in [1.807, 2.05) is 38.1 Å². The lowest BCUT2D eigenvalue weighted by Gasteiger charge is -2.29. The van der Waals surface area contributed by atoms with Crippen molar-refractivity contribution in [2.75, 3.05) is 0 Å². The van der Waals surface area contributed by atoms with E-state index in [1.165, 1.54) is 0 Å². The van der Waals surface area contributed by atoms with Crippen LogP contribution in [0.5, 0.6) is 0 Å². The fourth-order valence-corrected chi connectivity index (χ4v) is 2.75. The topological polar surface area (TPSA) is 43.1 Å². The van der Waals surface area contributed by atoms with Crippen LogP contribution in [0, 0.1) is 0 Å². The van der Waals surface area contributed by atoms with Gasteiger partial charge in [0.05, 0.1) is 5.41 Å². The molecule has 0 aliphatic carbocycles. The van der Waals surface area contributed by atoms with E-state index in [-0.39, 0.29) is 5.91 Å². The van der Waals surface area contributed by atoms with E-state index in [1.54, 1.807) is 0 Å². The lowest BCUT2D eigenvalue weighted by Crippen LogP contribution is -2.40. The Morgan fingerprint density at radius 1 is 1.06 bits per heavy atom. The highest BCUT2D eigenvalue weighted by atomic mass is 16.1. The van der Waals surface area contributed by atoms with Gasteiger partial charge in [-0.3, -0.25) is 4.79 Å². The molecule has 1 amide bonds. The standard InChI is InChI=1S/C16H19NO/c1-3-16(4-2,15(17)18)14-11-7-9-12-8-5-6-10-13(12)14/h5-11H,3-4H2,1-2H3,(H2,17,18). The molecule has 18 heavy (non-hydrogen) atoms. The van der Waals surface area contributed by atoms with E-state index in [9.17, 15) is 4.79 Å². The summed E-state index contributed by atoms with van der Waals surface area (Å²) < 4.78 is 0. The molecule has 0 saturated heterocycles. The van der Waals surface area contributed by atoms with Gasteiger partial charge < -0.3 is 5.73 Å². The molecule has 2 heteroatoms. The third-order valence-electron chi connectivity index (χ3n) is 3.98. The van der Waals surface area contributed by atoms with Crippen molar-refractivity contribution in [3.63, 3.8) is 0 Å². The van der Waals surface area contributed by atoms with Gasteiger partial charge in [-0.25, -0.2) is 0 Å². The van der Waals surface area contributed by atoms with Gasteiger partial charge >= 0.3 is 0 Å². The molecule has 0 radical (unpaired) electrons. The van der Waals surface area contributed by atoms with Crippen molar-refractivity contribution in [1.29, 1.82) is 0 Å². The molecule has 2 N–H and O–H groups in total. The second-order valence-electron chi connectivity index (χ2n) is 4.68. The van der Waals surface area contributed by atoms with Crippen molar-refractivity contribution in [2.45, 2.75) is 32.1 Å². The second-order valence-corrected chi connectivity index (χ2v) is 4.68. The molecule has 2 rings (SSSR count). The molecule has 2 aromatic carbocycles. The maximum Gasteiger partial charge on any atom is 0.228 e. The molecule has 0 aliphatic heterocycles. The molecule has 0 spiro atoms. The van der Waals surface area contributed by atoms with Crippen molar-refractivity contribution in [1.82, 2.24) is 0 Å². The molecule has 0 bridgehead atoms. The highest BCUT2D eigenvalue weighted by Crippen LogP contribution is 2.36. The normalized spacial score (nSPS) is 11.7. The van der Waals surface area contributed by atoms with Crippen LogP contribution < -0.4 is 5.73 Å². The number of primary amides is 1. The number of amides is 1. The Hall–Kier alpha value is -1.83. The van der Waals surface area contributed by atoms with Crippen LogP contribution >= 0.6 is 0 Å². The SMILES string of the molecule is CCC(CC)(C(N)=O)c1cccc2ccccc12. The number of fused-ring (bicyclic) bond motifs is 1.